The van der Waals surface area contributed by atoms with E-state index < -0.39 is 11.5 Å². The van der Waals surface area contributed by atoms with Crippen LogP contribution in [0.5, 0.6) is 0 Å². The zero-order chi connectivity index (χ0) is 20.2. The van der Waals surface area contributed by atoms with Gasteiger partial charge in [0.05, 0.1) is 0 Å². The van der Waals surface area contributed by atoms with Gasteiger partial charge >= 0.3 is 177 Å². The van der Waals surface area contributed by atoms with E-state index in [-0.39, 0.29) is 11.0 Å². The van der Waals surface area contributed by atoms with E-state index in [1.54, 1.807) is 0 Å². The van der Waals surface area contributed by atoms with Gasteiger partial charge < -0.3 is 0 Å². The number of halogens is 1. The Morgan fingerprint density at radius 1 is 0.552 bits per heavy atom. The Balaban J connectivity index is 2.03. The Kier molecular flexibility index (Phi) is 5.45. The Morgan fingerprint density at radius 2 is 0.862 bits per heavy atom. The average molecular weight is 461 g/mol. The van der Waals surface area contributed by atoms with Crippen molar-refractivity contribution in [1.82, 2.24) is 0 Å². The van der Waals surface area contributed by atoms with Crippen LogP contribution in [0.25, 0.3) is 0 Å². The number of hydrogen-bond donors (Lipinski definition) is 0. The van der Waals surface area contributed by atoms with Gasteiger partial charge in [-0.05, 0) is 0 Å². The molecular formula is C26H22AsClO. The first-order chi connectivity index (χ1) is 14.1. The SMILES string of the molecule is O=C(C[As](Cl)(c1ccccc1)(c1ccccc1)c1ccccc1)c1ccccc1. The Bertz CT molecular complexity index is 997. The van der Waals surface area contributed by atoms with E-state index in [2.05, 4.69) is 36.4 Å². The van der Waals surface area contributed by atoms with Crippen molar-refractivity contribution in [1.29, 1.82) is 0 Å². The summed E-state index contributed by atoms with van der Waals surface area (Å²) in [5.41, 5.74) is 0.697. The van der Waals surface area contributed by atoms with E-state index in [1.165, 1.54) is 0 Å². The minimum atomic E-state index is -4.30. The quantitative estimate of drug-likeness (QED) is 0.300. The maximum absolute atomic E-state index is 13.5. The number of ketones is 1. The standard InChI is InChI=1S/C26H22AsClO/c28-27(23-15-7-2-8-16-23,24-17-9-3-10-18-24,25-19-11-4-12-20-25)21-26(29)22-13-5-1-6-14-22/h1-20H,21H2. The van der Waals surface area contributed by atoms with Crippen molar-refractivity contribution in [2.45, 2.75) is 5.21 Å². The molecule has 0 aliphatic carbocycles. The van der Waals surface area contributed by atoms with Gasteiger partial charge in [-0.2, -0.15) is 0 Å². The molecule has 0 saturated heterocycles. The van der Waals surface area contributed by atoms with Crippen LogP contribution in [-0.2, 0) is 0 Å². The van der Waals surface area contributed by atoms with Gasteiger partial charge in [-0.15, -0.1) is 0 Å². The number of carbonyl (C=O) groups is 1. The molecule has 0 aromatic heterocycles. The minimum absolute atomic E-state index is 0.0724. The summed E-state index contributed by atoms with van der Waals surface area (Å²) in [5, 5.41) is 0.280. The van der Waals surface area contributed by atoms with Crippen molar-refractivity contribution in [3.05, 3.63) is 127 Å². The van der Waals surface area contributed by atoms with Crippen molar-refractivity contribution >= 4 is 40.3 Å². The van der Waals surface area contributed by atoms with Crippen molar-refractivity contribution in [2.24, 2.45) is 0 Å². The van der Waals surface area contributed by atoms with E-state index in [0.717, 1.165) is 13.1 Å². The van der Waals surface area contributed by atoms with Gasteiger partial charge in [-0.3, -0.25) is 0 Å². The molecule has 0 saturated carbocycles. The predicted molar refractivity (Wildman–Crippen MR) is 125 cm³/mol. The molecule has 29 heavy (non-hydrogen) atoms. The molecule has 1 nitrogen and oxygen atoms in total. The molecule has 0 unspecified atom stereocenters. The van der Waals surface area contributed by atoms with E-state index in [0.29, 0.717) is 5.56 Å². The second kappa shape index (κ2) is 8.03. The van der Waals surface area contributed by atoms with Gasteiger partial charge in [-0.25, -0.2) is 0 Å². The van der Waals surface area contributed by atoms with Crippen molar-refractivity contribution < 1.29 is 4.79 Å². The molecule has 0 bridgehead atoms. The molecule has 4 rings (SSSR count). The summed E-state index contributed by atoms with van der Waals surface area (Å²) in [4.78, 5) is 13.5. The van der Waals surface area contributed by atoms with E-state index in [1.807, 2.05) is 84.9 Å². The number of benzene rings is 4. The molecule has 0 atom stereocenters. The van der Waals surface area contributed by atoms with Gasteiger partial charge in [0.1, 0.15) is 0 Å². The molecule has 3 heteroatoms. The molecular weight excluding hydrogens is 439 g/mol. The van der Waals surface area contributed by atoms with Crippen LogP contribution < -0.4 is 13.1 Å². The first-order valence-corrected chi connectivity index (χ1v) is 16.2. The zero-order valence-corrected chi connectivity index (χ0v) is 18.6. The Hall–Kier alpha value is -2.60. The molecule has 0 radical (unpaired) electrons. The Morgan fingerprint density at radius 3 is 1.21 bits per heavy atom. The molecule has 144 valence electrons. The third-order valence-electron chi connectivity index (χ3n) is 5.42. The summed E-state index contributed by atoms with van der Waals surface area (Å²) in [6.45, 7) is 0. The molecule has 0 spiro atoms. The first kappa shape index (κ1) is 19.7. The van der Waals surface area contributed by atoms with E-state index >= 15 is 0 Å². The van der Waals surface area contributed by atoms with Crippen molar-refractivity contribution in [3.8, 4) is 0 Å². The Labute approximate surface area is 176 Å². The van der Waals surface area contributed by atoms with Crippen LogP contribution in [0.1, 0.15) is 10.4 Å². The van der Waals surface area contributed by atoms with Gasteiger partial charge in [0, 0.05) is 0 Å². The molecule has 0 heterocycles. The van der Waals surface area contributed by atoms with Crippen LogP contribution in [0.15, 0.2) is 121 Å². The van der Waals surface area contributed by atoms with Crippen LogP contribution >= 0.6 is 9.95 Å². The molecule has 4 aromatic rings. The van der Waals surface area contributed by atoms with Crippen LogP contribution in [0.2, 0.25) is 5.21 Å². The fraction of sp³-hybridized carbons (Fsp3) is 0.0385. The fourth-order valence-corrected chi connectivity index (χ4v) is 15.8. The normalized spacial score (nSPS) is 12.7. The summed E-state index contributed by atoms with van der Waals surface area (Å²) in [6.07, 6.45) is 0. The van der Waals surface area contributed by atoms with E-state index in [4.69, 9.17) is 9.95 Å². The van der Waals surface area contributed by atoms with Gasteiger partial charge in [-0.1, -0.05) is 0 Å². The topological polar surface area (TPSA) is 17.1 Å². The second-order valence-electron chi connectivity index (χ2n) is 7.14. The zero-order valence-electron chi connectivity index (χ0n) is 16.0. The molecule has 4 aromatic carbocycles. The van der Waals surface area contributed by atoms with Gasteiger partial charge in [0.25, 0.3) is 0 Å². The van der Waals surface area contributed by atoms with Crippen LogP contribution in [0.4, 0.5) is 0 Å². The number of hydrogen-bond acceptors (Lipinski definition) is 1. The molecule has 0 amide bonds. The maximum atomic E-state index is 13.5. The second-order valence-corrected chi connectivity index (χ2v) is 19.9. The predicted octanol–water partition coefficient (Wildman–Crippen LogP) is 4.73. The fourth-order valence-electron chi connectivity index (χ4n) is 3.92. The summed E-state index contributed by atoms with van der Waals surface area (Å²) in [6, 6.07) is 40.0. The summed E-state index contributed by atoms with van der Waals surface area (Å²) in [7, 11) is 7.98. The van der Waals surface area contributed by atoms with Crippen molar-refractivity contribution in [2.75, 3.05) is 0 Å². The monoisotopic (exact) mass is 460 g/mol. The van der Waals surface area contributed by atoms with E-state index in [9.17, 15) is 4.79 Å². The third-order valence-corrected chi connectivity index (χ3v) is 19.6. The van der Waals surface area contributed by atoms with Gasteiger partial charge in [0.15, 0.2) is 0 Å². The number of carbonyl (C=O) groups excluding carboxylic acids is 1. The summed E-state index contributed by atoms with van der Waals surface area (Å²) < 4.78 is 3.15. The van der Waals surface area contributed by atoms with Crippen LogP contribution in [-0.4, -0.2) is 17.3 Å². The average Bonchev–Trinajstić information content (AvgIpc) is 2.81. The van der Waals surface area contributed by atoms with Crippen LogP contribution in [0, 0.1) is 0 Å². The third kappa shape index (κ3) is 3.46. The summed E-state index contributed by atoms with van der Waals surface area (Å²) >= 11 is -4.30. The van der Waals surface area contributed by atoms with Gasteiger partial charge in [0.2, 0.25) is 0 Å². The summed E-state index contributed by atoms with van der Waals surface area (Å²) in [5.74, 6) is 0.0724. The molecule has 0 N–H and O–H groups in total. The molecule has 0 aliphatic rings. The molecule has 0 aliphatic heterocycles. The first-order valence-electron chi connectivity index (χ1n) is 9.61. The number of rotatable bonds is 6. The molecule has 0 fully saturated rings. The van der Waals surface area contributed by atoms with Crippen molar-refractivity contribution in [3.63, 3.8) is 0 Å². The van der Waals surface area contributed by atoms with Crippen LogP contribution in [0.3, 0.4) is 0 Å². The number of Topliss-reactive ketones (excluding diaryl/α,β-unsaturated/α-hetero) is 1.